The van der Waals surface area contributed by atoms with Crippen molar-refractivity contribution < 1.29 is 4.79 Å². The number of aromatic nitrogens is 3. The van der Waals surface area contributed by atoms with Gasteiger partial charge in [-0.15, -0.1) is 5.10 Å². The van der Waals surface area contributed by atoms with Crippen LogP contribution in [0.5, 0.6) is 0 Å². The van der Waals surface area contributed by atoms with E-state index in [4.69, 9.17) is 0 Å². The van der Waals surface area contributed by atoms with Gasteiger partial charge in [0.05, 0.1) is 5.69 Å². The zero-order valence-electron chi connectivity index (χ0n) is 16.5. The minimum Gasteiger partial charge on any atom is -0.319 e. The van der Waals surface area contributed by atoms with Crippen LogP contribution in [-0.2, 0) is 6.42 Å². The molecule has 4 aromatic rings. The van der Waals surface area contributed by atoms with Crippen LogP contribution in [0.15, 0.2) is 78.9 Å². The average molecular weight is 382 g/mol. The van der Waals surface area contributed by atoms with Gasteiger partial charge in [-0.3, -0.25) is 4.79 Å². The number of carbonyl (C=O) groups excluding carboxylic acids is 1. The van der Waals surface area contributed by atoms with Crippen LogP contribution in [0.4, 0.5) is 5.69 Å². The summed E-state index contributed by atoms with van der Waals surface area (Å²) in [4.78, 5) is 17.4. The number of nitrogens with one attached hydrogen (secondary N) is 1. The summed E-state index contributed by atoms with van der Waals surface area (Å²) in [5, 5.41) is 7.41. The molecule has 5 heteroatoms. The number of nitrogens with zero attached hydrogens (tertiary/aromatic N) is 3. The number of carbonyl (C=O) groups is 1. The third kappa shape index (κ3) is 4.24. The highest BCUT2D eigenvalue weighted by atomic mass is 16.2. The van der Waals surface area contributed by atoms with Crippen LogP contribution in [0.1, 0.15) is 33.1 Å². The second-order valence-corrected chi connectivity index (χ2v) is 7.01. The number of hydrogen-bond donors (Lipinski definition) is 1. The lowest BCUT2D eigenvalue weighted by atomic mass is 10.1. The zero-order valence-corrected chi connectivity index (χ0v) is 16.5. The molecule has 0 aliphatic heterocycles. The molecule has 1 heterocycles. The fourth-order valence-electron chi connectivity index (χ4n) is 3.12. The van der Waals surface area contributed by atoms with E-state index in [-0.39, 0.29) is 11.7 Å². The Morgan fingerprint density at radius 1 is 0.897 bits per heavy atom. The van der Waals surface area contributed by atoms with E-state index < -0.39 is 0 Å². The van der Waals surface area contributed by atoms with E-state index >= 15 is 0 Å². The first-order chi connectivity index (χ1) is 14.1. The van der Waals surface area contributed by atoms with Crippen molar-refractivity contribution in [1.29, 1.82) is 0 Å². The van der Waals surface area contributed by atoms with Gasteiger partial charge in [-0.2, -0.15) is 0 Å². The molecule has 1 aromatic heterocycles. The lowest BCUT2D eigenvalue weighted by Crippen LogP contribution is -2.14. The van der Waals surface area contributed by atoms with Crippen molar-refractivity contribution in [2.24, 2.45) is 0 Å². The molecule has 5 nitrogen and oxygen atoms in total. The third-order valence-corrected chi connectivity index (χ3v) is 4.85. The Morgan fingerprint density at radius 2 is 1.59 bits per heavy atom. The monoisotopic (exact) mass is 382 g/mol. The van der Waals surface area contributed by atoms with Crippen molar-refractivity contribution in [2.75, 3.05) is 5.32 Å². The topological polar surface area (TPSA) is 59.8 Å². The van der Waals surface area contributed by atoms with E-state index in [2.05, 4.69) is 15.4 Å². The molecule has 0 aliphatic carbocycles. The quantitative estimate of drug-likeness (QED) is 0.543. The summed E-state index contributed by atoms with van der Waals surface area (Å²) in [6.45, 7) is 4.06. The lowest BCUT2D eigenvalue weighted by molar-refractivity contribution is 0.101. The average Bonchev–Trinajstić information content (AvgIpc) is 3.16. The van der Waals surface area contributed by atoms with Crippen molar-refractivity contribution >= 4 is 11.6 Å². The molecule has 0 bridgehead atoms. The number of anilines is 1. The Balaban J connectivity index is 1.66. The second-order valence-electron chi connectivity index (χ2n) is 7.01. The van der Waals surface area contributed by atoms with Gasteiger partial charge in [-0.25, -0.2) is 9.67 Å². The fraction of sp³-hybridized carbons (Fsp3) is 0.125. The summed E-state index contributed by atoms with van der Waals surface area (Å²) < 4.78 is 1.74. The van der Waals surface area contributed by atoms with Gasteiger partial charge < -0.3 is 5.32 Å². The van der Waals surface area contributed by atoms with E-state index in [1.807, 2.05) is 92.7 Å². The van der Waals surface area contributed by atoms with Crippen LogP contribution >= 0.6 is 0 Å². The number of benzene rings is 3. The maximum atomic E-state index is 12.8. The Labute approximate surface area is 170 Å². The Bertz CT molecular complexity index is 1130. The number of hydrogen-bond acceptors (Lipinski definition) is 3. The molecule has 0 atom stereocenters. The van der Waals surface area contributed by atoms with E-state index in [0.29, 0.717) is 12.2 Å². The summed E-state index contributed by atoms with van der Waals surface area (Å²) in [5.41, 5.74) is 5.02. The van der Waals surface area contributed by atoms with Gasteiger partial charge in [0.25, 0.3) is 5.91 Å². The molecule has 0 saturated heterocycles. The first kappa shape index (κ1) is 18.6. The molecular formula is C24H22N4O. The van der Waals surface area contributed by atoms with Crippen LogP contribution in [0.3, 0.4) is 0 Å². The summed E-state index contributed by atoms with van der Waals surface area (Å²) in [6.07, 6.45) is 0.583. The highest BCUT2D eigenvalue weighted by Gasteiger charge is 2.18. The molecule has 3 aromatic carbocycles. The molecule has 144 valence electrons. The van der Waals surface area contributed by atoms with Gasteiger partial charge in [-0.1, -0.05) is 54.6 Å². The van der Waals surface area contributed by atoms with E-state index in [9.17, 15) is 4.79 Å². The summed E-state index contributed by atoms with van der Waals surface area (Å²) in [7, 11) is 0. The summed E-state index contributed by atoms with van der Waals surface area (Å²) >= 11 is 0. The number of aryl methyl sites for hydroxylation is 2. The van der Waals surface area contributed by atoms with Gasteiger partial charge in [0.1, 0.15) is 5.82 Å². The van der Waals surface area contributed by atoms with Crippen molar-refractivity contribution in [3.8, 4) is 5.69 Å². The number of para-hydroxylation sites is 1. The first-order valence-electron chi connectivity index (χ1n) is 9.54. The molecule has 0 radical (unpaired) electrons. The standard InChI is InChI=1S/C24H22N4O/c1-17-13-14-20(15-18(17)2)25-24(29)23-26-22(16-19-9-5-3-6-10-19)28(27-23)21-11-7-4-8-12-21/h3-15H,16H2,1-2H3,(H,25,29). The number of amides is 1. The van der Waals surface area contributed by atoms with E-state index in [0.717, 1.165) is 22.5 Å². The molecule has 0 saturated carbocycles. The van der Waals surface area contributed by atoms with Crippen molar-refractivity contribution in [2.45, 2.75) is 20.3 Å². The van der Waals surface area contributed by atoms with Crippen molar-refractivity contribution in [1.82, 2.24) is 14.8 Å². The Morgan fingerprint density at radius 3 is 2.28 bits per heavy atom. The molecule has 29 heavy (non-hydrogen) atoms. The van der Waals surface area contributed by atoms with Crippen LogP contribution in [0.25, 0.3) is 5.69 Å². The van der Waals surface area contributed by atoms with Crippen LogP contribution in [0.2, 0.25) is 0 Å². The maximum Gasteiger partial charge on any atom is 0.295 e. The van der Waals surface area contributed by atoms with Crippen LogP contribution < -0.4 is 5.32 Å². The molecule has 1 amide bonds. The molecule has 4 rings (SSSR count). The van der Waals surface area contributed by atoms with E-state index in [1.165, 1.54) is 5.56 Å². The van der Waals surface area contributed by atoms with Gasteiger partial charge in [-0.05, 0) is 54.8 Å². The predicted molar refractivity (Wildman–Crippen MR) is 114 cm³/mol. The Kier molecular flexibility index (Phi) is 5.20. The lowest BCUT2D eigenvalue weighted by Gasteiger charge is -2.06. The molecule has 0 unspecified atom stereocenters. The van der Waals surface area contributed by atoms with Crippen molar-refractivity contribution in [3.63, 3.8) is 0 Å². The SMILES string of the molecule is Cc1ccc(NC(=O)c2nc(Cc3ccccc3)n(-c3ccccc3)n2)cc1C. The van der Waals surface area contributed by atoms with Gasteiger partial charge in [0.15, 0.2) is 0 Å². The van der Waals surface area contributed by atoms with Gasteiger partial charge in [0.2, 0.25) is 5.82 Å². The summed E-state index contributed by atoms with van der Waals surface area (Å²) in [5.74, 6) is 0.544. The third-order valence-electron chi connectivity index (χ3n) is 4.85. The largest absolute Gasteiger partial charge is 0.319 e. The number of rotatable bonds is 5. The fourth-order valence-corrected chi connectivity index (χ4v) is 3.12. The second kappa shape index (κ2) is 8.10. The minimum absolute atomic E-state index is 0.151. The van der Waals surface area contributed by atoms with Crippen molar-refractivity contribution in [3.05, 3.63) is 107 Å². The molecule has 0 fully saturated rings. The zero-order chi connectivity index (χ0) is 20.2. The van der Waals surface area contributed by atoms with Gasteiger partial charge >= 0.3 is 0 Å². The minimum atomic E-state index is -0.322. The molecular weight excluding hydrogens is 360 g/mol. The van der Waals surface area contributed by atoms with E-state index in [1.54, 1.807) is 4.68 Å². The smallest absolute Gasteiger partial charge is 0.295 e. The van der Waals surface area contributed by atoms with Gasteiger partial charge in [0, 0.05) is 12.1 Å². The first-order valence-corrected chi connectivity index (χ1v) is 9.54. The highest BCUT2D eigenvalue weighted by Crippen LogP contribution is 2.17. The van der Waals surface area contributed by atoms with Crippen LogP contribution in [-0.4, -0.2) is 20.7 Å². The normalized spacial score (nSPS) is 10.7. The summed E-state index contributed by atoms with van der Waals surface area (Å²) in [6, 6.07) is 25.6. The molecule has 0 aliphatic rings. The predicted octanol–water partition coefficient (Wildman–Crippen LogP) is 4.73. The molecule has 0 spiro atoms. The van der Waals surface area contributed by atoms with Crippen LogP contribution in [0, 0.1) is 13.8 Å². The maximum absolute atomic E-state index is 12.8. The molecule has 1 N–H and O–H groups in total. The Hall–Kier alpha value is -3.73. The highest BCUT2D eigenvalue weighted by molar-refractivity contribution is 6.01.